The molecule has 1 aromatic carbocycles. The second-order valence-corrected chi connectivity index (χ2v) is 6.90. The van der Waals surface area contributed by atoms with Crippen LogP contribution in [0.25, 0.3) is 0 Å². The Hall–Kier alpha value is -1.47. The molecule has 7 heteroatoms. The lowest BCUT2D eigenvalue weighted by Crippen LogP contribution is -2.46. The number of halogens is 1. The molecule has 1 N–H and O–H groups in total. The van der Waals surface area contributed by atoms with Crippen molar-refractivity contribution in [3.8, 4) is 0 Å². The lowest BCUT2D eigenvalue weighted by molar-refractivity contribution is 0.0924. The van der Waals surface area contributed by atoms with Gasteiger partial charge in [-0.15, -0.1) is 0 Å². The summed E-state index contributed by atoms with van der Waals surface area (Å²) >= 11 is 0. The number of nitrogens with one attached hydrogen (secondary N) is 1. The van der Waals surface area contributed by atoms with E-state index in [-0.39, 0.29) is 17.8 Å². The van der Waals surface area contributed by atoms with Crippen molar-refractivity contribution < 1.29 is 17.6 Å². The van der Waals surface area contributed by atoms with Crippen molar-refractivity contribution in [3.05, 3.63) is 35.6 Å². The number of hydrogen-bond acceptors (Lipinski definition) is 3. The van der Waals surface area contributed by atoms with E-state index >= 15 is 0 Å². The third-order valence-electron chi connectivity index (χ3n) is 3.36. The van der Waals surface area contributed by atoms with Crippen molar-refractivity contribution in [3.63, 3.8) is 0 Å². The summed E-state index contributed by atoms with van der Waals surface area (Å²) in [4.78, 5) is 11.9. The molecule has 1 aliphatic rings. The highest BCUT2D eigenvalue weighted by Crippen LogP contribution is 2.14. The van der Waals surface area contributed by atoms with E-state index in [2.05, 4.69) is 5.32 Å². The second kappa shape index (κ2) is 5.88. The van der Waals surface area contributed by atoms with E-state index in [0.717, 1.165) is 0 Å². The predicted octanol–water partition coefficient (Wildman–Crippen LogP) is 0.980. The van der Waals surface area contributed by atoms with Crippen LogP contribution in [-0.4, -0.2) is 44.0 Å². The predicted molar refractivity (Wildman–Crippen MR) is 73.3 cm³/mol. The Balaban J connectivity index is 1.89. The topological polar surface area (TPSA) is 66.5 Å². The molecule has 0 unspecified atom stereocenters. The van der Waals surface area contributed by atoms with Crippen molar-refractivity contribution in [1.29, 1.82) is 0 Å². The number of sulfonamides is 1. The molecule has 0 aromatic heterocycles. The summed E-state index contributed by atoms with van der Waals surface area (Å²) in [6.45, 7) is 0.820. The van der Waals surface area contributed by atoms with Gasteiger partial charge in [0, 0.05) is 24.7 Å². The molecule has 1 saturated heterocycles. The molecule has 1 aliphatic heterocycles. The highest BCUT2D eigenvalue weighted by atomic mass is 32.2. The Bertz CT molecular complexity index is 578. The van der Waals surface area contributed by atoms with Gasteiger partial charge in [-0.3, -0.25) is 4.79 Å². The molecule has 0 spiro atoms. The molecule has 0 aliphatic carbocycles. The lowest BCUT2D eigenvalue weighted by Gasteiger charge is -2.30. The first-order valence-electron chi connectivity index (χ1n) is 6.38. The highest BCUT2D eigenvalue weighted by molar-refractivity contribution is 7.88. The van der Waals surface area contributed by atoms with Crippen molar-refractivity contribution >= 4 is 15.9 Å². The Kier molecular flexibility index (Phi) is 4.39. The standard InChI is InChI=1S/C13H17FN2O3S/c1-20(18,19)16-8-6-12(7-9-16)15-13(17)10-2-4-11(14)5-3-10/h2-5,12H,6-9H2,1H3,(H,15,17). The molecule has 2 rings (SSSR count). The number of nitrogens with zero attached hydrogens (tertiary/aromatic N) is 1. The number of piperidine rings is 1. The van der Waals surface area contributed by atoms with Gasteiger partial charge in [0.15, 0.2) is 0 Å². The molecule has 0 bridgehead atoms. The SMILES string of the molecule is CS(=O)(=O)N1CCC(NC(=O)c2ccc(F)cc2)CC1. The molecular weight excluding hydrogens is 283 g/mol. The Labute approximate surface area is 117 Å². The van der Waals surface area contributed by atoms with E-state index < -0.39 is 10.0 Å². The summed E-state index contributed by atoms with van der Waals surface area (Å²) in [5.74, 6) is -0.647. The van der Waals surface area contributed by atoms with Gasteiger partial charge in [0.2, 0.25) is 10.0 Å². The van der Waals surface area contributed by atoms with Gasteiger partial charge in [-0.05, 0) is 37.1 Å². The van der Waals surface area contributed by atoms with Gasteiger partial charge in [0.05, 0.1) is 6.26 Å². The molecule has 0 saturated carbocycles. The molecule has 1 aromatic rings. The van der Waals surface area contributed by atoms with Crippen LogP contribution in [0.4, 0.5) is 4.39 Å². The van der Waals surface area contributed by atoms with E-state index in [1.165, 1.54) is 34.8 Å². The average Bonchev–Trinajstić information content (AvgIpc) is 2.39. The maximum absolute atomic E-state index is 12.8. The molecule has 1 heterocycles. The van der Waals surface area contributed by atoms with Crippen LogP contribution in [0.3, 0.4) is 0 Å². The fourth-order valence-electron chi connectivity index (χ4n) is 2.20. The Morgan fingerprint density at radius 2 is 1.80 bits per heavy atom. The summed E-state index contributed by atoms with van der Waals surface area (Å²) in [7, 11) is -3.16. The molecule has 0 radical (unpaired) electrons. The van der Waals surface area contributed by atoms with E-state index in [1.807, 2.05) is 0 Å². The van der Waals surface area contributed by atoms with Crippen LogP contribution in [0.2, 0.25) is 0 Å². The van der Waals surface area contributed by atoms with E-state index in [4.69, 9.17) is 0 Å². The molecule has 5 nitrogen and oxygen atoms in total. The normalized spacial score (nSPS) is 17.9. The fraction of sp³-hybridized carbons (Fsp3) is 0.462. The zero-order chi connectivity index (χ0) is 14.8. The van der Waals surface area contributed by atoms with Crippen LogP contribution in [0.1, 0.15) is 23.2 Å². The minimum atomic E-state index is -3.16. The number of benzene rings is 1. The van der Waals surface area contributed by atoms with E-state index in [1.54, 1.807) is 0 Å². The number of carbonyl (C=O) groups is 1. The van der Waals surface area contributed by atoms with Gasteiger partial charge in [0.25, 0.3) is 5.91 Å². The second-order valence-electron chi connectivity index (χ2n) is 4.92. The minimum Gasteiger partial charge on any atom is -0.349 e. The van der Waals surface area contributed by atoms with Crippen LogP contribution < -0.4 is 5.32 Å². The number of rotatable bonds is 3. The molecule has 0 atom stereocenters. The lowest BCUT2D eigenvalue weighted by atomic mass is 10.1. The number of hydrogen-bond donors (Lipinski definition) is 1. The van der Waals surface area contributed by atoms with Crippen LogP contribution in [0.5, 0.6) is 0 Å². The van der Waals surface area contributed by atoms with Gasteiger partial charge in [-0.1, -0.05) is 0 Å². The van der Waals surface area contributed by atoms with Crippen molar-refractivity contribution in [2.45, 2.75) is 18.9 Å². The van der Waals surface area contributed by atoms with Gasteiger partial charge in [0.1, 0.15) is 5.82 Å². The summed E-state index contributed by atoms with van der Waals surface area (Å²) in [6, 6.07) is 5.28. The van der Waals surface area contributed by atoms with Gasteiger partial charge < -0.3 is 5.32 Å². The van der Waals surface area contributed by atoms with Crippen LogP contribution in [0.15, 0.2) is 24.3 Å². The van der Waals surface area contributed by atoms with E-state index in [0.29, 0.717) is 31.5 Å². The molecule has 20 heavy (non-hydrogen) atoms. The largest absolute Gasteiger partial charge is 0.349 e. The molecular formula is C13H17FN2O3S. The first-order chi connectivity index (χ1) is 9.36. The molecule has 1 fully saturated rings. The summed E-state index contributed by atoms with van der Waals surface area (Å²) in [6.07, 6.45) is 2.35. The quantitative estimate of drug-likeness (QED) is 0.905. The Morgan fingerprint density at radius 1 is 1.25 bits per heavy atom. The Morgan fingerprint density at radius 3 is 2.30 bits per heavy atom. The minimum absolute atomic E-state index is 0.0504. The molecule has 110 valence electrons. The van der Waals surface area contributed by atoms with Crippen molar-refractivity contribution in [1.82, 2.24) is 9.62 Å². The van der Waals surface area contributed by atoms with Gasteiger partial charge in [-0.25, -0.2) is 17.1 Å². The van der Waals surface area contributed by atoms with Crippen LogP contribution in [-0.2, 0) is 10.0 Å². The number of carbonyl (C=O) groups excluding carboxylic acids is 1. The number of amides is 1. The van der Waals surface area contributed by atoms with Crippen LogP contribution in [0, 0.1) is 5.82 Å². The maximum atomic E-state index is 12.8. The smallest absolute Gasteiger partial charge is 0.251 e. The zero-order valence-corrected chi connectivity index (χ0v) is 12.0. The summed E-state index contributed by atoms with van der Waals surface area (Å²) < 4.78 is 36.9. The average molecular weight is 300 g/mol. The van der Waals surface area contributed by atoms with Gasteiger partial charge >= 0.3 is 0 Å². The summed E-state index contributed by atoms with van der Waals surface area (Å²) in [5, 5.41) is 2.84. The van der Waals surface area contributed by atoms with Crippen molar-refractivity contribution in [2.24, 2.45) is 0 Å². The van der Waals surface area contributed by atoms with Crippen LogP contribution >= 0.6 is 0 Å². The zero-order valence-electron chi connectivity index (χ0n) is 11.2. The first kappa shape index (κ1) is 14.9. The first-order valence-corrected chi connectivity index (χ1v) is 8.22. The third-order valence-corrected chi connectivity index (χ3v) is 4.67. The fourth-order valence-corrected chi connectivity index (χ4v) is 3.08. The van der Waals surface area contributed by atoms with E-state index in [9.17, 15) is 17.6 Å². The third kappa shape index (κ3) is 3.77. The highest BCUT2D eigenvalue weighted by Gasteiger charge is 2.25. The maximum Gasteiger partial charge on any atom is 0.251 e. The molecule has 1 amide bonds. The monoisotopic (exact) mass is 300 g/mol. The van der Waals surface area contributed by atoms with Gasteiger partial charge in [-0.2, -0.15) is 0 Å². The summed E-state index contributed by atoms with van der Waals surface area (Å²) in [5.41, 5.74) is 0.400. The van der Waals surface area contributed by atoms with Crippen molar-refractivity contribution in [2.75, 3.05) is 19.3 Å².